The van der Waals surface area contributed by atoms with Crippen molar-refractivity contribution in [3.05, 3.63) is 77.5 Å². The monoisotopic (exact) mass is 558 g/mol. The van der Waals surface area contributed by atoms with Gasteiger partial charge in [0.25, 0.3) is 0 Å². The highest BCUT2D eigenvalue weighted by molar-refractivity contribution is 5.97. The van der Waals surface area contributed by atoms with Crippen LogP contribution in [0.1, 0.15) is 56.9 Å². The van der Waals surface area contributed by atoms with Crippen LogP contribution in [0, 0.1) is 0 Å². The first-order valence-corrected chi connectivity index (χ1v) is 14.2. The van der Waals surface area contributed by atoms with Crippen LogP contribution in [-0.4, -0.2) is 64.3 Å². The van der Waals surface area contributed by atoms with Gasteiger partial charge in [0.15, 0.2) is 0 Å². The molecular formula is C32H42N6O3. The van der Waals surface area contributed by atoms with Gasteiger partial charge >= 0.3 is 0 Å². The van der Waals surface area contributed by atoms with Gasteiger partial charge in [-0.2, -0.15) is 5.10 Å². The number of nitrogens with zero attached hydrogens (tertiary/aromatic N) is 3. The molecule has 5 N–H and O–H groups in total. The van der Waals surface area contributed by atoms with E-state index in [1.54, 1.807) is 24.3 Å². The fraction of sp³-hybridized carbons (Fsp3) is 0.406. The van der Waals surface area contributed by atoms with Gasteiger partial charge in [-0.1, -0.05) is 51.1 Å². The first-order valence-electron chi connectivity index (χ1n) is 14.2. The fourth-order valence-corrected chi connectivity index (χ4v) is 4.70. The minimum atomic E-state index is -0.854. The van der Waals surface area contributed by atoms with Gasteiger partial charge in [0.1, 0.15) is 11.6 Å². The zero-order valence-corrected chi connectivity index (χ0v) is 24.5. The van der Waals surface area contributed by atoms with Gasteiger partial charge in [-0.15, -0.1) is 0 Å². The molecule has 9 nitrogen and oxygen atoms in total. The quantitative estimate of drug-likeness (QED) is 0.277. The Bertz CT molecular complexity index is 1370. The minimum absolute atomic E-state index is 0.0607. The standard InChI is InChI=1S/C32H42N6O3/c1-32(2,3)24-9-11-25(12-10-24)38-29(21-28(36-38)23-15-18-37(4)19-16-23)34-17-5-6-30(40)35-31(41)27(33)20-22-7-13-26(39)14-8-22/h7-15,21,27,34,39H,5-6,16-20,33H2,1-4H3,(H,35,40,41)/t27-/m0/s1. The van der Waals surface area contributed by atoms with Crippen LogP contribution in [0.25, 0.3) is 11.3 Å². The zero-order valence-electron chi connectivity index (χ0n) is 24.5. The molecule has 0 bridgehead atoms. The molecule has 0 fully saturated rings. The Balaban J connectivity index is 1.36. The second-order valence-electron chi connectivity index (χ2n) is 11.8. The van der Waals surface area contributed by atoms with E-state index in [0.29, 0.717) is 13.0 Å². The average Bonchev–Trinajstić information content (AvgIpc) is 3.36. The van der Waals surface area contributed by atoms with E-state index in [2.05, 4.69) is 79.8 Å². The van der Waals surface area contributed by atoms with Crippen molar-refractivity contribution in [1.29, 1.82) is 0 Å². The van der Waals surface area contributed by atoms with Gasteiger partial charge in [0, 0.05) is 32.1 Å². The Morgan fingerprint density at radius 3 is 2.44 bits per heavy atom. The molecule has 0 saturated carbocycles. The number of phenolic OH excluding ortho intramolecular Hbond substituents is 1. The Labute approximate surface area is 242 Å². The smallest absolute Gasteiger partial charge is 0.243 e. The Kier molecular flexibility index (Phi) is 9.62. The summed E-state index contributed by atoms with van der Waals surface area (Å²) in [6.45, 7) is 9.02. The SMILES string of the molecule is CN1CC=C(c2cc(NCCCC(=O)NC(=O)[C@@H](N)Cc3ccc(O)cc3)n(-c3ccc(C(C)(C)C)cc3)n2)CC1. The van der Waals surface area contributed by atoms with Gasteiger partial charge in [-0.3, -0.25) is 14.9 Å². The number of hydrogen-bond donors (Lipinski definition) is 4. The molecule has 1 aromatic heterocycles. The van der Waals surface area contributed by atoms with Crippen LogP contribution < -0.4 is 16.4 Å². The number of aromatic hydroxyl groups is 1. The Morgan fingerprint density at radius 1 is 1.10 bits per heavy atom. The molecule has 4 rings (SSSR count). The first kappa shape index (κ1) is 30.0. The van der Waals surface area contributed by atoms with Crippen LogP contribution in [0.15, 0.2) is 60.7 Å². The molecule has 0 saturated heterocycles. The Hall–Kier alpha value is -3.95. The highest BCUT2D eigenvalue weighted by Gasteiger charge is 2.19. The predicted molar refractivity (Wildman–Crippen MR) is 163 cm³/mol. The largest absolute Gasteiger partial charge is 0.508 e. The second-order valence-corrected chi connectivity index (χ2v) is 11.8. The molecule has 1 atom stereocenters. The van der Waals surface area contributed by atoms with Gasteiger partial charge < -0.3 is 21.1 Å². The molecule has 2 amide bonds. The van der Waals surface area contributed by atoms with Crippen molar-refractivity contribution >= 4 is 23.2 Å². The molecule has 1 aliphatic rings. The minimum Gasteiger partial charge on any atom is -0.508 e. The van der Waals surface area contributed by atoms with Crippen molar-refractivity contribution in [2.45, 2.75) is 57.9 Å². The zero-order chi connectivity index (χ0) is 29.6. The van der Waals surface area contributed by atoms with Crippen molar-refractivity contribution in [2.24, 2.45) is 5.73 Å². The van der Waals surface area contributed by atoms with E-state index < -0.39 is 11.9 Å². The van der Waals surface area contributed by atoms with Gasteiger partial charge in [-0.05, 0) is 72.7 Å². The molecule has 2 heterocycles. The Morgan fingerprint density at radius 2 is 1.80 bits per heavy atom. The first-order chi connectivity index (χ1) is 19.5. The number of rotatable bonds is 10. The molecular weight excluding hydrogens is 516 g/mol. The third-order valence-corrected chi connectivity index (χ3v) is 7.31. The summed E-state index contributed by atoms with van der Waals surface area (Å²) < 4.78 is 1.92. The number of carbonyl (C=O) groups is 2. The number of phenols is 1. The number of nitrogens with two attached hydrogens (primary N) is 1. The summed E-state index contributed by atoms with van der Waals surface area (Å²) in [6, 6.07) is 16.2. The van der Waals surface area contributed by atoms with Crippen molar-refractivity contribution in [2.75, 3.05) is 32.0 Å². The third kappa shape index (κ3) is 8.28. The molecule has 2 aromatic carbocycles. The predicted octanol–water partition coefficient (Wildman–Crippen LogP) is 4.00. The number of imide groups is 1. The number of benzene rings is 2. The number of nitrogens with one attached hydrogen (secondary N) is 2. The van der Waals surface area contributed by atoms with E-state index in [4.69, 9.17) is 10.8 Å². The van der Waals surface area contributed by atoms with Crippen LogP contribution in [0.3, 0.4) is 0 Å². The molecule has 0 radical (unpaired) electrons. The lowest BCUT2D eigenvalue weighted by Crippen LogP contribution is -2.44. The van der Waals surface area contributed by atoms with Crippen molar-refractivity contribution < 1.29 is 14.7 Å². The summed E-state index contributed by atoms with van der Waals surface area (Å²) in [5.41, 5.74) is 11.3. The summed E-state index contributed by atoms with van der Waals surface area (Å²) in [5.74, 6) is 0.133. The maximum atomic E-state index is 12.4. The fourth-order valence-electron chi connectivity index (χ4n) is 4.70. The molecule has 1 aliphatic heterocycles. The van der Waals surface area contributed by atoms with E-state index in [1.165, 1.54) is 11.1 Å². The molecule has 0 spiro atoms. The normalized spacial score (nSPS) is 14.8. The highest BCUT2D eigenvalue weighted by atomic mass is 16.3. The number of anilines is 1. The summed E-state index contributed by atoms with van der Waals surface area (Å²) in [6.07, 6.45) is 4.17. The van der Waals surface area contributed by atoms with Gasteiger partial charge in [0.2, 0.25) is 11.8 Å². The van der Waals surface area contributed by atoms with Crippen LogP contribution in [-0.2, 0) is 21.4 Å². The number of carbonyl (C=O) groups excluding carboxylic acids is 2. The van der Waals surface area contributed by atoms with E-state index >= 15 is 0 Å². The average molecular weight is 559 g/mol. The molecule has 218 valence electrons. The number of likely N-dealkylation sites (N-methyl/N-ethyl adjacent to an activating group) is 1. The molecule has 3 aromatic rings. The van der Waals surface area contributed by atoms with E-state index in [9.17, 15) is 14.7 Å². The topological polar surface area (TPSA) is 126 Å². The lowest BCUT2D eigenvalue weighted by Gasteiger charge is -2.20. The lowest BCUT2D eigenvalue weighted by atomic mass is 9.87. The second kappa shape index (κ2) is 13.1. The molecule has 41 heavy (non-hydrogen) atoms. The van der Waals surface area contributed by atoms with Crippen LogP contribution in [0.2, 0.25) is 0 Å². The van der Waals surface area contributed by atoms with Crippen molar-refractivity contribution in [1.82, 2.24) is 20.0 Å². The van der Waals surface area contributed by atoms with Gasteiger partial charge in [-0.25, -0.2) is 4.68 Å². The maximum absolute atomic E-state index is 12.4. The summed E-state index contributed by atoms with van der Waals surface area (Å²) >= 11 is 0. The van der Waals surface area contributed by atoms with E-state index in [0.717, 1.165) is 42.3 Å². The van der Waals surface area contributed by atoms with Gasteiger partial charge in [0.05, 0.1) is 17.4 Å². The van der Waals surface area contributed by atoms with Crippen LogP contribution in [0.4, 0.5) is 5.82 Å². The lowest BCUT2D eigenvalue weighted by molar-refractivity contribution is -0.131. The summed E-state index contributed by atoms with van der Waals surface area (Å²) in [4.78, 5) is 27.1. The maximum Gasteiger partial charge on any atom is 0.243 e. The van der Waals surface area contributed by atoms with Crippen LogP contribution in [0.5, 0.6) is 5.75 Å². The summed E-state index contributed by atoms with van der Waals surface area (Å²) in [5, 5.41) is 20.2. The summed E-state index contributed by atoms with van der Waals surface area (Å²) in [7, 11) is 2.11. The van der Waals surface area contributed by atoms with Crippen molar-refractivity contribution in [3.8, 4) is 11.4 Å². The van der Waals surface area contributed by atoms with Crippen molar-refractivity contribution in [3.63, 3.8) is 0 Å². The number of aromatic nitrogens is 2. The molecule has 9 heteroatoms. The molecule has 0 aliphatic carbocycles. The van der Waals surface area contributed by atoms with E-state index in [1.807, 2.05) is 4.68 Å². The van der Waals surface area contributed by atoms with Crippen LogP contribution >= 0.6 is 0 Å². The third-order valence-electron chi connectivity index (χ3n) is 7.31. The number of hydrogen-bond acceptors (Lipinski definition) is 7. The van der Waals surface area contributed by atoms with E-state index in [-0.39, 0.29) is 29.9 Å². The highest BCUT2D eigenvalue weighted by Crippen LogP contribution is 2.28. The number of amides is 2. The molecule has 0 unspecified atom stereocenters.